The molecule has 2 aromatic heterocycles. The minimum Gasteiger partial charge on any atom is -0.490 e. The van der Waals surface area contributed by atoms with Crippen LogP contribution >= 0.6 is 11.3 Å². The van der Waals surface area contributed by atoms with E-state index in [1.807, 2.05) is 6.92 Å². The predicted molar refractivity (Wildman–Crippen MR) is 130 cm³/mol. The van der Waals surface area contributed by atoms with Crippen molar-refractivity contribution in [2.45, 2.75) is 6.92 Å². The fourth-order valence-corrected chi connectivity index (χ4v) is 3.88. The van der Waals surface area contributed by atoms with E-state index in [-0.39, 0.29) is 11.3 Å². The van der Waals surface area contributed by atoms with Crippen molar-refractivity contribution >= 4 is 35.9 Å². The van der Waals surface area contributed by atoms with Crippen molar-refractivity contribution < 1.29 is 19.1 Å². The molecule has 172 valence electrons. The molecule has 0 aliphatic rings. The van der Waals surface area contributed by atoms with Gasteiger partial charge >= 0.3 is 5.97 Å². The van der Waals surface area contributed by atoms with Gasteiger partial charge in [0.15, 0.2) is 11.5 Å². The zero-order valence-corrected chi connectivity index (χ0v) is 19.1. The molecule has 34 heavy (non-hydrogen) atoms. The van der Waals surface area contributed by atoms with Crippen LogP contribution in [0.5, 0.6) is 11.5 Å². The number of aromatic nitrogens is 2. The molecule has 0 saturated heterocycles. The van der Waals surface area contributed by atoms with Gasteiger partial charge in [-0.05, 0) is 66.4 Å². The van der Waals surface area contributed by atoms with Gasteiger partial charge in [0.1, 0.15) is 4.88 Å². The molecule has 0 aliphatic heterocycles. The van der Waals surface area contributed by atoms with Crippen molar-refractivity contribution in [3.05, 3.63) is 96.9 Å². The van der Waals surface area contributed by atoms with Crippen LogP contribution in [-0.4, -0.2) is 28.3 Å². The minimum atomic E-state index is -0.549. The molecule has 2 heterocycles. The molecule has 0 aliphatic carbocycles. The number of rotatable bonds is 7. The molecule has 0 radical (unpaired) electrons. The summed E-state index contributed by atoms with van der Waals surface area (Å²) < 4.78 is 12.5. The van der Waals surface area contributed by atoms with Crippen molar-refractivity contribution in [1.29, 1.82) is 0 Å². The summed E-state index contributed by atoms with van der Waals surface area (Å²) in [5.74, 6) is -0.353. The minimum absolute atomic E-state index is 0.285. The molecule has 0 atom stereocenters. The van der Waals surface area contributed by atoms with Gasteiger partial charge in [-0.15, -0.1) is 11.3 Å². The van der Waals surface area contributed by atoms with Gasteiger partial charge in [0.2, 0.25) is 5.91 Å². The molecule has 0 saturated carbocycles. The Balaban J connectivity index is 1.69. The Morgan fingerprint density at radius 2 is 1.91 bits per heavy atom. The molecule has 0 bridgehead atoms. The Kier molecular flexibility index (Phi) is 6.46. The number of carbonyl (C=O) groups excluding carboxylic acids is 2. The van der Waals surface area contributed by atoms with E-state index < -0.39 is 11.9 Å². The zero-order valence-electron chi connectivity index (χ0n) is 18.2. The van der Waals surface area contributed by atoms with Gasteiger partial charge in [0.05, 0.1) is 22.9 Å². The van der Waals surface area contributed by atoms with Crippen LogP contribution in [0.25, 0.3) is 18.3 Å². The quantitative estimate of drug-likeness (QED) is 0.314. The number of ether oxygens (including phenoxy) is 2. The number of nitrogens with two attached hydrogens (primary N) is 1. The van der Waals surface area contributed by atoms with Crippen LogP contribution in [-0.2, 0) is 0 Å². The van der Waals surface area contributed by atoms with Crippen molar-refractivity contribution in [1.82, 2.24) is 9.78 Å². The highest BCUT2D eigenvalue weighted by Crippen LogP contribution is 2.30. The molecule has 0 unspecified atom stereocenters. The lowest BCUT2D eigenvalue weighted by Crippen LogP contribution is -2.33. The molecule has 0 spiro atoms. The topological polar surface area (TPSA) is 116 Å². The number of carbonyl (C=O) groups is 2. The summed E-state index contributed by atoms with van der Waals surface area (Å²) in [6.07, 6.45) is 1.67. The largest absolute Gasteiger partial charge is 0.490 e. The number of nitrogens with zero attached hydrogens (tertiary/aromatic N) is 1. The summed E-state index contributed by atoms with van der Waals surface area (Å²) in [6.45, 7) is 6.12. The van der Waals surface area contributed by atoms with E-state index in [0.29, 0.717) is 44.6 Å². The smallest absolute Gasteiger partial charge is 0.353 e. The van der Waals surface area contributed by atoms with E-state index in [2.05, 4.69) is 11.7 Å². The first-order chi connectivity index (χ1) is 16.4. The van der Waals surface area contributed by atoms with E-state index in [1.54, 1.807) is 66.1 Å². The maximum absolute atomic E-state index is 13.0. The number of amides is 1. The fourth-order valence-electron chi connectivity index (χ4n) is 3.28. The Hall–Kier alpha value is -4.37. The molecular weight excluding hydrogens is 454 g/mol. The maximum Gasteiger partial charge on any atom is 0.353 e. The van der Waals surface area contributed by atoms with Gasteiger partial charge in [-0.3, -0.25) is 14.7 Å². The van der Waals surface area contributed by atoms with Crippen LogP contribution in [0.2, 0.25) is 0 Å². The van der Waals surface area contributed by atoms with E-state index >= 15 is 0 Å². The van der Waals surface area contributed by atoms with Gasteiger partial charge in [0, 0.05) is 5.56 Å². The van der Waals surface area contributed by atoms with Crippen LogP contribution < -0.4 is 31.3 Å². The highest BCUT2D eigenvalue weighted by Gasteiger charge is 2.14. The fraction of sp³-hybridized carbons (Fsp3) is 0.0800. The lowest BCUT2D eigenvalue weighted by Gasteiger charge is -2.10. The van der Waals surface area contributed by atoms with Crippen LogP contribution in [0.3, 0.4) is 0 Å². The Morgan fingerprint density at radius 1 is 1.15 bits per heavy atom. The summed E-state index contributed by atoms with van der Waals surface area (Å²) in [4.78, 5) is 37.1. The van der Waals surface area contributed by atoms with Crippen molar-refractivity contribution in [2.24, 2.45) is 5.73 Å². The number of aromatic amines is 1. The first-order valence-electron chi connectivity index (χ1n) is 10.3. The molecule has 8 nitrogen and oxygen atoms in total. The second kappa shape index (κ2) is 9.63. The van der Waals surface area contributed by atoms with Gasteiger partial charge in [0.25, 0.3) is 5.56 Å². The second-order valence-electron chi connectivity index (χ2n) is 7.21. The average molecular weight is 476 g/mol. The molecule has 4 rings (SSSR count). The number of hydrogen-bond acceptors (Lipinski definition) is 6. The van der Waals surface area contributed by atoms with E-state index in [9.17, 15) is 14.4 Å². The summed E-state index contributed by atoms with van der Waals surface area (Å²) in [6, 6.07) is 14.8. The van der Waals surface area contributed by atoms with E-state index in [1.165, 1.54) is 16.0 Å². The molecule has 2 aromatic carbocycles. The third kappa shape index (κ3) is 4.69. The highest BCUT2D eigenvalue weighted by molar-refractivity contribution is 7.12. The third-order valence-corrected chi connectivity index (χ3v) is 5.77. The number of esters is 1. The van der Waals surface area contributed by atoms with Crippen LogP contribution in [0.1, 0.15) is 32.5 Å². The van der Waals surface area contributed by atoms with Crippen molar-refractivity contribution in [3.63, 3.8) is 0 Å². The van der Waals surface area contributed by atoms with Crippen molar-refractivity contribution in [3.8, 4) is 17.2 Å². The highest BCUT2D eigenvalue weighted by atomic mass is 32.1. The summed E-state index contributed by atoms with van der Waals surface area (Å²) in [5.41, 5.74) is 6.50. The second-order valence-corrected chi connectivity index (χ2v) is 8.15. The van der Waals surface area contributed by atoms with E-state index in [4.69, 9.17) is 15.2 Å². The van der Waals surface area contributed by atoms with Crippen LogP contribution in [0.4, 0.5) is 0 Å². The van der Waals surface area contributed by atoms with Gasteiger partial charge in [-0.25, -0.2) is 9.48 Å². The Labute approximate surface area is 198 Å². The molecular formula is C25H21N3O5S. The Bertz CT molecular complexity index is 1520. The van der Waals surface area contributed by atoms with Crippen LogP contribution in [0.15, 0.2) is 64.8 Å². The average Bonchev–Trinajstić information content (AvgIpc) is 3.46. The number of nitrogens with one attached hydrogen (secondary N) is 1. The van der Waals surface area contributed by atoms with Crippen molar-refractivity contribution in [2.75, 3.05) is 6.61 Å². The normalized spacial score (nSPS) is 11.4. The monoisotopic (exact) mass is 475 g/mol. The number of primary amides is 1. The summed E-state index contributed by atoms with van der Waals surface area (Å²) in [7, 11) is 0. The number of thiophene rings is 1. The van der Waals surface area contributed by atoms with Gasteiger partial charge < -0.3 is 15.2 Å². The molecule has 9 heteroatoms. The van der Waals surface area contributed by atoms with Crippen LogP contribution in [0, 0.1) is 0 Å². The maximum atomic E-state index is 13.0. The van der Waals surface area contributed by atoms with Gasteiger partial charge in [-0.1, -0.05) is 18.7 Å². The first kappa shape index (κ1) is 22.8. The van der Waals surface area contributed by atoms with E-state index in [0.717, 1.165) is 0 Å². The molecule has 4 aromatic rings. The number of H-pyrrole nitrogens is 1. The molecule has 0 fully saturated rings. The predicted octanol–water partition coefficient (Wildman–Crippen LogP) is 2.18. The summed E-state index contributed by atoms with van der Waals surface area (Å²) >= 11 is 1.29. The first-order valence-corrected chi connectivity index (χ1v) is 11.2. The zero-order chi connectivity index (χ0) is 24.2. The number of benzene rings is 2. The lowest BCUT2D eigenvalue weighted by atomic mass is 10.1. The standard InChI is InChI=1S/C25H21N3O5S/c1-3-32-21-14-16(6-11-20(21)33-25(31)22-5-4-12-34-22)13-19-15(2)27-28(24(19)30)18-9-7-17(8-10-18)23(26)29/h4-14,27H,2-3H2,1H3,(H2,26,29)/b19-13-. The third-order valence-electron chi connectivity index (χ3n) is 4.92. The number of hydrogen-bond donors (Lipinski definition) is 2. The molecule has 3 N–H and O–H groups in total. The SMILES string of the molecule is C=c1[nH]n(-c2ccc(C(N)=O)cc2)c(=O)/c1=C\c1ccc(OC(=O)c2cccs2)c(OCC)c1. The summed E-state index contributed by atoms with van der Waals surface area (Å²) in [5, 5.41) is 5.50. The van der Waals surface area contributed by atoms with Gasteiger partial charge in [-0.2, -0.15) is 0 Å². The molecule has 1 amide bonds. The Morgan fingerprint density at radius 3 is 2.56 bits per heavy atom. The lowest BCUT2D eigenvalue weighted by molar-refractivity contribution is 0.0733.